The maximum Gasteiger partial charge on any atom is 0.407 e. The van der Waals surface area contributed by atoms with Crippen LogP contribution < -0.4 is 14.8 Å². The van der Waals surface area contributed by atoms with Crippen molar-refractivity contribution in [2.24, 2.45) is 5.92 Å². The molecule has 0 heterocycles. The molecule has 4 rings (SSSR count). The van der Waals surface area contributed by atoms with Gasteiger partial charge in [-0.15, -0.1) is 0 Å². The number of alkyl carbamates (subject to hydrolysis) is 1. The second-order valence-electron chi connectivity index (χ2n) is 9.96. The monoisotopic (exact) mass is 546 g/mol. The summed E-state index contributed by atoms with van der Waals surface area (Å²) in [6.07, 6.45) is -0.744. The highest BCUT2D eigenvalue weighted by Crippen LogP contribution is 2.44. The molecule has 3 aromatic rings. The van der Waals surface area contributed by atoms with Gasteiger partial charge in [0.25, 0.3) is 0 Å². The molecule has 2 N–H and O–H groups in total. The zero-order chi connectivity index (χ0) is 28.8. The van der Waals surface area contributed by atoms with Gasteiger partial charge in [0.15, 0.2) is 0 Å². The molecular formula is C31H34N2O7. The minimum Gasteiger partial charge on any atom is -0.497 e. The van der Waals surface area contributed by atoms with E-state index in [0.717, 1.165) is 22.3 Å². The van der Waals surface area contributed by atoms with Gasteiger partial charge >= 0.3 is 12.1 Å². The fourth-order valence-corrected chi connectivity index (χ4v) is 5.04. The fourth-order valence-electron chi connectivity index (χ4n) is 5.04. The predicted molar refractivity (Wildman–Crippen MR) is 149 cm³/mol. The standard InChI is InChI=1S/C31H34N2O7/c1-19(2)29(30(36)33(17-28(34)35)16-20-13-14-21(38-3)15-27(20)39-4)32-31(37)40-18-26-24-11-7-5-9-22(24)23-10-6-8-12-25(23)26/h5-15,19,26,29H,16-18H2,1-4H3,(H,32,37)(H,34,35)/t29-/m0/s1. The van der Waals surface area contributed by atoms with E-state index in [-0.39, 0.29) is 25.0 Å². The number of ether oxygens (including phenoxy) is 3. The molecule has 0 aliphatic heterocycles. The van der Waals surface area contributed by atoms with Gasteiger partial charge in [0.2, 0.25) is 5.91 Å². The number of benzene rings is 3. The van der Waals surface area contributed by atoms with Crippen molar-refractivity contribution in [3.63, 3.8) is 0 Å². The fraction of sp³-hybridized carbons (Fsp3) is 0.323. The van der Waals surface area contributed by atoms with E-state index >= 15 is 0 Å². The van der Waals surface area contributed by atoms with E-state index < -0.39 is 30.6 Å². The number of amides is 2. The van der Waals surface area contributed by atoms with E-state index in [9.17, 15) is 19.5 Å². The minimum absolute atomic E-state index is 0.0338. The topological polar surface area (TPSA) is 114 Å². The third kappa shape index (κ3) is 6.20. The average Bonchev–Trinajstić information content (AvgIpc) is 3.27. The van der Waals surface area contributed by atoms with E-state index in [2.05, 4.69) is 17.4 Å². The second-order valence-corrected chi connectivity index (χ2v) is 9.96. The smallest absolute Gasteiger partial charge is 0.407 e. The lowest BCUT2D eigenvalue weighted by Crippen LogP contribution is -2.52. The van der Waals surface area contributed by atoms with Crippen molar-refractivity contribution in [1.29, 1.82) is 0 Å². The molecule has 0 spiro atoms. The number of fused-ring (bicyclic) bond motifs is 3. The van der Waals surface area contributed by atoms with E-state index in [0.29, 0.717) is 17.1 Å². The highest BCUT2D eigenvalue weighted by atomic mass is 16.5. The number of aliphatic carboxylic acids is 1. The predicted octanol–water partition coefficient (Wildman–Crippen LogP) is 4.68. The first-order chi connectivity index (χ1) is 19.2. The largest absolute Gasteiger partial charge is 0.497 e. The lowest BCUT2D eigenvalue weighted by molar-refractivity contribution is -0.146. The lowest BCUT2D eigenvalue weighted by atomic mass is 9.98. The summed E-state index contributed by atoms with van der Waals surface area (Å²) in [5.41, 5.74) is 4.98. The Morgan fingerprint density at radius 2 is 1.55 bits per heavy atom. The van der Waals surface area contributed by atoms with E-state index in [4.69, 9.17) is 14.2 Å². The summed E-state index contributed by atoms with van der Waals surface area (Å²) in [5.74, 6) is -1.16. The number of methoxy groups -OCH3 is 2. The molecule has 0 radical (unpaired) electrons. The average molecular weight is 547 g/mol. The molecule has 0 saturated carbocycles. The Bertz CT molecular complexity index is 1340. The molecule has 1 atom stereocenters. The Hall–Kier alpha value is -4.53. The van der Waals surface area contributed by atoms with Crippen LogP contribution in [-0.4, -0.2) is 61.4 Å². The van der Waals surface area contributed by atoms with Crippen molar-refractivity contribution in [1.82, 2.24) is 10.2 Å². The second kappa shape index (κ2) is 12.5. The number of hydrogen-bond donors (Lipinski definition) is 2. The summed E-state index contributed by atoms with van der Waals surface area (Å²) in [4.78, 5) is 39.4. The molecule has 0 saturated heterocycles. The minimum atomic E-state index is -1.18. The van der Waals surface area contributed by atoms with Gasteiger partial charge in [-0.2, -0.15) is 0 Å². The summed E-state index contributed by atoms with van der Waals surface area (Å²) in [6, 6.07) is 20.1. The van der Waals surface area contributed by atoms with Gasteiger partial charge in [-0.25, -0.2) is 4.79 Å². The third-order valence-corrected chi connectivity index (χ3v) is 7.04. The Labute approximate surface area is 233 Å². The summed E-state index contributed by atoms with van der Waals surface area (Å²) >= 11 is 0. The number of carboxylic acid groups (broad SMARTS) is 1. The number of hydrogen-bond acceptors (Lipinski definition) is 6. The molecule has 0 fully saturated rings. The molecular weight excluding hydrogens is 512 g/mol. The number of nitrogens with zero attached hydrogens (tertiary/aromatic N) is 1. The first-order valence-electron chi connectivity index (χ1n) is 13.1. The van der Waals surface area contributed by atoms with E-state index in [1.165, 1.54) is 19.1 Å². The van der Waals surface area contributed by atoms with Crippen LogP contribution in [0.25, 0.3) is 11.1 Å². The van der Waals surface area contributed by atoms with Crippen LogP contribution in [-0.2, 0) is 20.9 Å². The molecule has 0 bridgehead atoms. The van der Waals surface area contributed by atoms with E-state index in [1.54, 1.807) is 32.0 Å². The first kappa shape index (κ1) is 28.5. The van der Waals surface area contributed by atoms with Gasteiger partial charge in [-0.1, -0.05) is 62.4 Å². The summed E-state index contributed by atoms with van der Waals surface area (Å²) in [6.45, 7) is 3.07. The Balaban J connectivity index is 1.48. The molecule has 9 heteroatoms. The van der Waals surface area contributed by atoms with Crippen LogP contribution in [0.3, 0.4) is 0 Å². The van der Waals surface area contributed by atoms with Crippen LogP contribution in [0.1, 0.15) is 36.5 Å². The number of rotatable bonds is 11. The normalized spacial score (nSPS) is 12.7. The van der Waals surface area contributed by atoms with Crippen LogP contribution in [0.15, 0.2) is 66.7 Å². The van der Waals surface area contributed by atoms with Gasteiger partial charge in [-0.05, 0) is 40.3 Å². The van der Waals surface area contributed by atoms with Gasteiger partial charge in [0, 0.05) is 17.5 Å². The maximum absolute atomic E-state index is 13.6. The Kier molecular flexibility index (Phi) is 8.93. The van der Waals surface area contributed by atoms with E-state index in [1.807, 2.05) is 36.4 Å². The highest BCUT2D eigenvalue weighted by molar-refractivity contribution is 5.88. The van der Waals surface area contributed by atoms with Gasteiger partial charge in [0.1, 0.15) is 30.7 Å². The summed E-state index contributed by atoms with van der Waals surface area (Å²) in [7, 11) is 3.01. The van der Waals surface area contributed by atoms with Crippen molar-refractivity contribution >= 4 is 18.0 Å². The van der Waals surface area contributed by atoms with Gasteiger partial charge in [0.05, 0.1) is 20.8 Å². The van der Waals surface area contributed by atoms with Crippen molar-refractivity contribution in [2.75, 3.05) is 27.4 Å². The Morgan fingerprint density at radius 1 is 0.925 bits per heavy atom. The quantitative estimate of drug-likeness (QED) is 0.359. The van der Waals surface area contributed by atoms with Crippen LogP contribution in [0.5, 0.6) is 11.5 Å². The van der Waals surface area contributed by atoms with Crippen molar-refractivity contribution < 1.29 is 33.7 Å². The van der Waals surface area contributed by atoms with Crippen LogP contribution >= 0.6 is 0 Å². The molecule has 1 aliphatic rings. The Morgan fingerprint density at radius 3 is 2.10 bits per heavy atom. The molecule has 1 aliphatic carbocycles. The number of carbonyl (C=O) groups is 3. The molecule has 2 amide bonds. The molecule has 3 aromatic carbocycles. The highest BCUT2D eigenvalue weighted by Gasteiger charge is 2.33. The summed E-state index contributed by atoms with van der Waals surface area (Å²) in [5, 5.41) is 12.2. The molecule has 0 unspecified atom stereocenters. The van der Waals surface area contributed by atoms with Crippen molar-refractivity contribution in [2.45, 2.75) is 32.4 Å². The maximum atomic E-state index is 13.6. The van der Waals surface area contributed by atoms with Crippen LogP contribution in [0.2, 0.25) is 0 Å². The molecule has 0 aromatic heterocycles. The molecule has 9 nitrogen and oxygen atoms in total. The zero-order valence-corrected chi connectivity index (χ0v) is 23.0. The number of carbonyl (C=O) groups excluding carboxylic acids is 2. The number of nitrogens with one attached hydrogen (secondary N) is 1. The van der Waals surface area contributed by atoms with Crippen LogP contribution in [0.4, 0.5) is 4.79 Å². The van der Waals surface area contributed by atoms with Gasteiger partial charge < -0.3 is 29.5 Å². The van der Waals surface area contributed by atoms with Crippen LogP contribution in [0, 0.1) is 5.92 Å². The van der Waals surface area contributed by atoms with Crippen molar-refractivity contribution in [3.05, 3.63) is 83.4 Å². The third-order valence-electron chi connectivity index (χ3n) is 7.04. The lowest BCUT2D eigenvalue weighted by Gasteiger charge is -2.29. The molecule has 210 valence electrons. The van der Waals surface area contributed by atoms with Crippen molar-refractivity contribution in [3.8, 4) is 22.6 Å². The molecule has 40 heavy (non-hydrogen) atoms. The SMILES string of the molecule is COc1ccc(CN(CC(=O)O)C(=O)[C@@H](NC(=O)OCC2c3ccccc3-c3ccccc32)C(C)C)c(OC)c1. The summed E-state index contributed by atoms with van der Waals surface area (Å²) < 4.78 is 16.3. The zero-order valence-electron chi connectivity index (χ0n) is 23.0. The van der Waals surface area contributed by atoms with Gasteiger partial charge in [-0.3, -0.25) is 9.59 Å². The first-order valence-corrected chi connectivity index (χ1v) is 13.1. The number of carboxylic acids is 1.